The van der Waals surface area contributed by atoms with Gasteiger partial charge in [-0.1, -0.05) is 0 Å². The van der Waals surface area contributed by atoms with Gasteiger partial charge in [-0.3, -0.25) is 4.98 Å². The lowest BCUT2D eigenvalue weighted by Gasteiger charge is -2.28. The van der Waals surface area contributed by atoms with Crippen LogP contribution >= 0.6 is 0 Å². The van der Waals surface area contributed by atoms with E-state index in [4.69, 9.17) is 0 Å². The predicted molar refractivity (Wildman–Crippen MR) is 123 cm³/mol. The maximum absolute atomic E-state index is 11.9. The van der Waals surface area contributed by atoms with Crippen molar-refractivity contribution in [3.63, 3.8) is 0 Å². The molecule has 0 radical (unpaired) electrons. The maximum Gasteiger partial charge on any atom is 0.339 e. The van der Waals surface area contributed by atoms with Crippen LogP contribution in [-0.4, -0.2) is 70.3 Å². The van der Waals surface area contributed by atoms with Gasteiger partial charge in [0, 0.05) is 74.7 Å². The second-order valence-electron chi connectivity index (χ2n) is 8.24. The molecule has 0 atom stereocenters. The molecule has 0 bridgehead atoms. The molecule has 166 valence electrons. The summed E-state index contributed by atoms with van der Waals surface area (Å²) in [6, 6.07) is 5.53. The molecule has 3 aromatic rings. The third-order valence-electron chi connectivity index (χ3n) is 6.10. The molecule has 2 fully saturated rings. The van der Waals surface area contributed by atoms with E-state index in [1.54, 1.807) is 12.3 Å². The van der Waals surface area contributed by atoms with Gasteiger partial charge in [0.05, 0.1) is 5.69 Å². The Morgan fingerprint density at radius 3 is 2.38 bits per heavy atom. The Hall–Kier alpha value is -3.46. The van der Waals surface area contributed by atoms with Gasteiger partial charge < -0.3 is 25.2 Å². The lowest BCUT2D eigenvalue weighted by Crippen LogP contribution is -2.44. The highest BCUT2D eigenvalue weighted by Gasteiger charge is 2.22. The molecule has 0 saturated carbocycles. The maximum atomic E-state index is 11.9. The van der Waals surface area contributed by atoms with Crippen LogP contribution in [0.3, 0.4) is 0 Å². The van der Waals surface area contributed by atoms with Crippen LogP contribution < -0.4 is 15.1 Å². The van der Waals surface area contributed by atoms with E-state index in [0.717, 1.165) is 67.7 Å². The van der Waals surface area contributed by atoms with Gasteiger partial charge in [-0.15, -0.1) is 0 Å². The Kier molecular flexibility index (Phi) is 5.72. The Morgan fingerprint density at radius 1 is 0.906 bits per heavy atom. The number of hydrogen-bond acceptors (Lipinski definition) is 7. The van der Waals surface area contributed by atoms with E-state index in [0.29, 0.717) is 5.82 Å². The fourth-order valence-electron chi connectivity index (χ4n) is 4.37. The molecule has 5 rings (SSSR count). The summed E-state index contributed by atoms with van der Waals surface area (Å²) < 4.78 is 0. The molecule has 0 amide bonds. The van der Waals surface area contributed by atoms with Crippen LogP contribution in [0.4, 0.5) is 11.8 Å². The van der Waals surface area contributed by atoms with E-state index in [-0.39, 0.29) is 5.56 Å². The number of piperazine rings is 1. The molecule has 5 heterocycles. The SMILES string of the molecule is O=C(O)c1cc(-c2ccnc(-c3cnc(N4CCCCC4)nc3)c2)[nH]c1N1CCNCC1. The summed E-state index contributed by atoms with van der Waals surface area (Å²) in [5, 5.41) is 13.0. The summed E-state index contributed by atoms with van der Waals surface area (Å²) in [5.74, 6) is 0.485. The quantitative estimate of drug-likeness (QED) is 0.563. The van der Waals surface area contributed by atoms with Crippen molar-refractivity contribution in [2.45, 2.75) is 19.3 Å². The van der Waals surface area contributed by atoms with Gasteiger partial charge in [0.2, 0.25) is 5.95 Å². The van der Waals surface area contributed by atoms with Crippen molar-refractivity contribution in [1.82, 2.24) is 25.3 Å². The van der Waals surface area contributed by atoms with Crippen molar-refractivity contribution in [2.24, 2.45) is 0 Å². The summed E-state index contributed by atoms with van der Waals surface area (Å²) >= 11 is 0. The normalized spacial score (nSPS) is 16.9. The average Bonchev–Trinajstić information content (AvgIpc) is 3.32. The summed E-state index contributed by atoms with van der Waals surface area (Å²) in [6.07, 6.45) is 8.98. The van der Waals surface area contributed by atoms with Crippen molar-refractivity contribution >= 4 is 17.7 Å². The monoisotopic (exact) mass is 433 g/mol. The van der Waals surface area contributed by atoms with Crippen LogP contribution in [0.15, 0.2) is 36.8 Å². The summed E-state index contributed by atoms with van der Waals surface area (Å²) in [6.45, 7) is 5.20. The minimum atomic E-state index is -0.933. The zero-order valence-corrected chi connectivity index (χ0v) is 17.9. The van der Waals surface area contributed by atoms with Gasteiger partial charge in [0.15, 0.2) is 0 Å². The van der Waals surface area contributed by atoms with Crippen LogP contribution in [0, 0.1) is 0 Å². The molecule has 0 aliphatic carbocycles. The first kappa shape index (κ1) is 20.4. The van der Waals surface area contributed by atoms with Crippen molar-refractivity contribution in [3.8, 4) is 22.5 Å². The molecule has 32 heavy (non-hydrogen) atoms. The number of nitrogens with one attached hydrogen (secondary N) is 2. The van der Waals surface area contributed by atoms with Gasteiger partial charge in [-0.25, -0.2) is 14.8 Å². The van der Waals surface area contributed by atoms with E-state index in [2.05, 4.69) is 35.1 Å². The standard InChI is InChI=1S/C23H27N7O2/c31-22(32)18-13-20(28-21(18)29-10-6-24-7-11-29)16-4-5-25-19(12-16)17-14-26-23(27-15-17)30-8-2-1-3-9-30/h4-5,12-15,24,28H,1-3,6-11H2,(H,31,32). The Labute approximate surface area is 186 Å². The molecule has 0 unspecified atom stereocenters. The fraction of sp³-hybridized carbons (Fsp3) is 0.391. The molecule has 2 saturated heterocycles. The predicted octanol–water partition coefficient (Wildman–Crippen LogP) is 2.63. The first-order valence-corrected chi connectivity index (χ1v) is 11.1. The van der Waals surface area contributed by atoms with E-state index < -0.39 is 5.97 Å². The lowest BCUT2D eigenvalue weighted by atomic mass is 10.1. The van der Waals surface area contributed by atoms with Crippen LogP contribution in [0.25, 0.3) is 22.5 Å². The number of hydrogen-bond donors (Lipinski definition) is 3. The highest BCUT2D eigenvalue weighted by Crippen LogP contribution is 2.30. The topological polar surface area (TPSA) is 110 Å². The number of anilines is 2. The van der Waals surface area contributed by atoms with Crippen molar-refractivity contribution in [3.05, 3.63) is 42.4 Å². The first-order chi connectivity index (χ1) is 15.7. The van der Waals surface area contributed by atoms with E-state index in [1.165, 1.54) is 19.3 Å². The van der Waals surface area contributed by atoms with E-state index in [9.17, 15) is 9.90 Å². The number of carboxylic acid groups (broad SMARTS) is 1. The fourth-order valence-corrected chi connectivity index (χ4v) is 4.37. The molecule has 9 nitrogen and oxygen atoms in total. The average molecular weight is 434 g/mol. The number of aromatic nitrogens is 4. The lowest BCUT2D eigenvalue weighted by molar-refractivity contribution is 0.0697. The first-order valence-electron chi connectivity index (χ1n) is 11.1. The Morgan fingerprint density at radius 2 is 1.66 bits per heavy atom. The molecular weight excluding hydrogens is 406 g/mol. The molecule has 3 aromatic heterocycles. The largest absolute Gasteiger partial charge is 0.478 e. The molecule has 2 aliphatic heterocycles. The number of piperidine rings is 1. The number of H-pyrrole nitrogens is 1. The minimum Gasteiger partial charge on any atom is -0.478 e. The van der Waals surface area contributed by atoms with Gasteiger partial charge in [0.25, 0.3) is 0 Å². The molecule has 9 heteroatoms. The molecule has 0 aromatic carbocycles. The highest BCUT2D eigenvalue weighted by atomic mass is 16.4. The van der Waals surface area contributed by atoms with Gasteiger partial charge >= 0.3 is 5.97 Å². The summed E-state index contributed by atoms with van der Waals surface area (Å²) in [4.78, 5) is 33.1. The van der Waals surface area contributed by atoms with E-state index in [1.807, 2.05) is 24.5 Å². The van der Waals surface area contributed by atoms with Crippen molar-refractivity contribution < 1.29 is 9.90 Å². The number of carbonyl (C=O) groups is 1. The summed E-state index contributed by atoms with van der Waals surface area (Å²) in [5.41, 5.74) is 3.50. The molecular formula is C23H27N7O2. The zero-order valence-electron chi connectivity index (χ0n) is 17.9. The molecule has 3 N–H and O–H groups in total. The minimum absolute atomic E-state index is 0.287. The van der Waals surface area contributed by atoms with Crippen LogP contribution in [0.1, 0.15) is 29.6 Å². The highest BCUT2D eigenvalue weighted by molar-refractivity contribution is 5.96. The number of rotatable bonds is 5. The third-order valence-corrected chi connectivity index (χ3v) is 6.10. The van der Waals surface area contributed by atoms with Gasteiger partial charge in [-0.05, 0) is 37.5 Å². The van der Waals surface area contributed by atoms with Crippen molar-refractivity contribution in [1.29, 1.82) is 0 Å². The third kappa shape index (κ3) is 4.16. The Bertz CT molecular complexity index is 1080. The number of carboxylic acids is 1. The Balaban J connectivity index is 1.42. The smallest absolute Gasteiger partial charge is 0.339 e. The second kappa shape index (κ2) is 8.96. The summed E-state index contributed by atoms with van der Waals surface area (Å²) in [7, 11) is 0. The second-order valence-corrected chi connectivity index (χ2v) is 8.24. The van der Waals surface area contributed by atoms with Crippen LogP contribution in [-0.2, 0) is 0 Å². The van der Waals surface area contributed by atoms with Crippen LogP contribution in [0.2, 0.25) is 0 Å². The van der Waals surface area contributed by atoms with Gasteiger partial charge in [0.1, 0.15) is 11.4 Å². The number of aromatic carboxylic acids is 1. The molecule has 0 spiro atoms. The number of aromatic amines is 1. The van der Waals surface area contributed by atoms with E-state index >= 15 is 0 Å². The van der Waals surface area contributed by atoms with Crippen LogP contribution in [0.5, 0.6) is 0 Å². The molecule has 2 aliphatic rings. The number of nitrogens with zero attached hydrogens (tertiary/aromatic N) is 5. The van der Waals surface area contributed by atoms with Gasteiger partial charge in [-0.2, -0.15) is 0 Å². The zero-order chi connectivity index (χ0) is 21.9. The number of pyridine rings is 1. The van der Waals surface area contributed by atoms with Crippen molar-refractivity contribution in [2.75, 3.05) is 49.1 Å².